The Morgan fingerprint density at radius 2 is 1.73 bits per heavy atom. The number of rotatable bonds is 4. The molecule has 0 atom stereocenters. The molecule has 0 amide bonds. The van der Waals surface area contributed by atoms with Crippen molar-refractivity contribution in [3.05, 3.63) is 65.0 Å². The van der Waals surface area contributed by atoms with E-state index in [-0.39, 0.29) is 5.82 Å². The fourth-order valence-corrected chi connectivity index (χ4v) is 3.89. The molecule has 0 bridgehead atoms. The summed E-state index contributed by atoms with van der Waals surface area (Å²) in [4.78, 5) is 0. The fourth-order valence-electron chi connectivity index (χ4n) is 3.89. The molecule has 1 nitrogen and oxygen atoms in total. The van der Waals surface area contributed by atoms with Gasteiger partial charge < -0.3 is 4.74 Å². The smallest absolute Gasteiger partial charge is 0.139 e. The highest BCUT2D eigenvalue weighted by Gasteiger charge is 2.22. The molecule has 0 saturated heterocycles. The van der Waals surface area contributed by atoms with Gasteiger partial charge in [0, 0.05) is 5.56 Å². The Kier molecular flexibility index (Phi) is 6.34. The van der Waals surface area contributed by atoms with Gasteiger partial charge in [0.2, 0.25) is 0 Å². The van der Waals surface area contributed by atoms with Crippen LogP contribution in [0.15, 0.2) is 42.5 Å². The second kappa shape index (κ2) is 8.90. The lowest BCUT2D eigenvalue weighted by Crippen LogP contribution is -2.13. The molecule has 0 aliphatic heterocycles. The third-order valence-corrected chi connectivity index (χ3v) is 5.44. The van der Waals surface area contributed by atoms with Crippen molar-refractivity contribution >= 4 is 0 Å². The van der Waals surface area contributed by atoms with Crippen LogP contribution in [0.1, 0.15) is 68.1 Å². The zero-order valence-electron chi connectivity index (χ0n) is 15.7. The predicted molar refractivity (Wildman–Crippen MR) is 105 cm³/mol. The van der Waals surface area contributed by atoms with Gasteiger partial charge >= 0.3 is 0 Å². The number of hydrogen-bond acceptors (Lipinski definition) is 1. The van der Waals surface area contributed by atoms with Crippen LogP contribution in [0.3, 0.4) is 0 Å². The van der Waals surface area contributed by atoms with E-state index in [0.29, 0.717) is 11.5 Å². The molecule has 1 aliphatic carbocycles. The van der Waals surface area contributed by atoms with Crippen molar-refractivity contribution in [2.24, 2.45) is 5.92 Å². The van der Waals surface area contributed by atoms with E-state index >= 15 is 0 Å². The Bertz CT molecular complexity index is 774. The number of hydrogen-bond donors (Lipinski definition) is 0. The van der Waals surface area contributed by atoms with Crippen molar-refractivity contribution < 1.29 is 9.13 Å². The van der Waals surface area contributed by atoms with Crippen LogP contribution in [0.5, 0.6) is 5.75 Å². The Hall–Kier alpha value is -2.27. The molecule has 2 aromatic rings. The molecule has 0 aromatic heterocycles. The molecule has 0 unspecified atom stereocenters. The summed E-state index contributed by atoms with van der Waals surface area (Å²) in [5.41, 5.74) is 2.44. The summed E-state index contributed by atoms with van der Waals surface area (Å²) in [5, 5.41) is 0. The molecule has 0 radical (unpaired) electrons. The molecule has 0 heterocycles. The molecule has 136 valence electrons. The first-order valence-electron chi connectivity index (χ1n) is 9.65. The van der Waals surface area contributed by atoms with Gasteiger partial charge in [-0.15, -0.1) is 0 Å². The van der Waals surface area contributed by atoms with Crippen LogP contribution in [0.2, 0.25) is 0 Å². The molecule has 1 fully saturated rings. The van der Waals surface area contributed by atoms with Crippen LogP contribution in [0.25, 0.3) is 0 Å². The maximum Gasteiger partial charge on any atom is 0.139 e. The zero-order chi connectivity index (χ0) is 18.4. The second-order valence-corrected chi connectivity index (χ2v) is 7.22. The largest absolute Gasteiger partial charge is 0.497 e. The SMILES string of the molecule is CCC[C@H]1CC[C@H](c2ccc(C#Cc3ccc(OC)cc3)c(F)c2)CC1. The van der Waals surface area contributed by atoms with Crippen LogP contribution in [-0.2, 0) is 0 Å². The molecule has 0 spiro atoms. The minimum atomic E-state index is -0.209. The van der Waals surface area contributed by atoms with Crippen LogP contribution in [0, 0.1) is 23.6 Å². The van der Waals surface area contributed by atoms with Gasteiger partial charge in [-0.1, -0.05) is 37.7 Å². The first-order valence-corrected chi connectivity index (χ1v) is 9.65. The molecule has 2 aromatic carbocycles. The van der Waals surface area contributed by atoms with Gasteiger partial charge in [0.05, 0.1) is 12.7 Å². The number of halogens is 1. The van der Waals surface area contributed by atoms with E-state index in [1.165, 1.54) is 38.5 Å². The summed E-state index contributed by atoms with van der Waals surface area (Å²) >= 11 is 0. The molecule has 1 aliphatic rings. The Balaban J connectivity index is 1.67. The number of ether oxygens (including phenoxy) is 1. The fraction of sp³-hybridized carbons (Fsp3) is 0.417. The van der Waals surface area contributed by atoms with Crippen molar-refractivity contribution in [3.8, 4) is 17.6 Å². The van der Waals surface area contributed by atoms with Crippen LogP contribution in [-0.4, -0.2) is 7.11 Å². The van der Waals surface area contributed by atoms with E-state index in [4.69, 9.17) is 4.74 Å². The summed E-state index contributed by atoms with van der Waals surface area (Å²) in [6.45, 7) is 2.26. The molecular weight excluding hydrogens is 323 g/mol. The third kappa shape index (κ3) is 4.67. The summed E-state index contributed by atoms with van der Waals surface area (Å²) in [5.74, 6) is 7.94. The van der Waals surface area contributed by atoms with Crippen molar-refractivity contribution in [2.45, 2.75) is 51.4 Å². The first kappa shape index (κ1) is 18.5. The van der Waals surface area contributed by atoms with Gasteiger partial charge in [-0.3, -0.25) is 0 Å². The van der Waals surface area contributed by atoms with Gasteiger partial charge in [-0.25, -0.2) is 4.39 Å². The zero-order valence-corrected chi connectivity index (χ0v) is 15.7. The summed E-state index contributed by atoms with van der Waals surface area (Å²) in [6.07, 6.45) is 7.52. The van der Waals surface area contributed by atoms with E-state index < -0.39 is 0 Å². The molecule has 2 heteroatoms. The molecular formula is C24H27FO. The Morgan fingerprint density at radius 1 is 1.00 bits per heavy atom. The maximum absolute atomic E-state index is 14.5. The van der Waals surface area contributed by atoms with Crippen molar-refractivity contribution in [2.75, 3.05) is 7.11 Å². The van der Waals surface area contributed by atoms with E-state index in [2.05, 4.69) is 24.8 Å². The average molecular weight is 350 g/mol. The minimum absolute atomic E-state index is 0.209. The average Bonchev–Trinajstić information content (AvgIpc) is 2.68. The lowest BCUT2D eigenvalue weighted by atomic mass is 9.77. The van der Waals surface area contributed by atoms with E-state index in [1.807, 2.05) is 30.3 Å². The van der Waals surface area contributed by atoms with Gasteiger partial charge in [0.15, 0.2) is 0 Å². The Morgan fingerprint density at radius 3 is 2.35 bits per heavy atom. The number of benzene rings is 2. The van der Waals surface area contributed by atoms with E-state index in [0.717, 1.165) is 22.8 Å². The minimum Gasteiger partial charge on any atom is -0.497 e. The normalized spacial score (nSPS) is 19.5. The van der Waals surface area contributed by atoms with Gasteiger partial charge in [-0.2, -0.15) is 0 Å². The first-order chi connectivity index (χ1) is 12.7. The quantitative estimate of drug-likeness (QED) is 0.587. The summed E-state index contributed by atoms with van der Waals surface area (Å²) in [7, 11) is 1.63. The highest BCUT2D eigenvalue weighted by Crippen LogP contribution is 2.37. The van der Waals surface area contributed by atoms with E-state index in [9.17, 15) is 4.39 Å². The molecule has 26 heavy (non-hydrogen) atoms. The monoisotopic (exact) mass is 350 g/mol. The van der Waals surface area contributed by atoms with Gasteiger partial charge in [0.1, 0.15) is 11.6 Å². The molecule has 3 rings (SSSR count). The van der Waals surface area contributed by atoms with Crippen molar-refractivity contribution in [3.63, 3.8) is 0 Å². The maximum atomic E-state index is 14.5. The number of methoxy groups -OCH3 is 1. The molecule has 1 saturated carbocycles. The highest BCUT2D eigenvalue weighted by molar-refractivity contribution is 5.45. The van der Waals surface area contributed by atoms with Crippen LogP contribution >= 0.6 is 0 Å². The van der Waals surface area contributed by atoms with Crippen LogP contribution in [0.4, 0.5) is 4.39 Å². The van der Waals surface area contributed by atoms with E-state index in [1.54, 1.807) is 13.2 Å². The highest BCUT2D eigenvalue weighted by atomic mass is 19.1. The third-order valence-electron chi connectivity index (χ3n) is 5.44. The standard InChI is InChI=1S/C24H27FO/c1-3-4-18-5-10-20(11-6-18)22-14-13-21(24(25)17-22)12-7-19-8-15-23(26-2)16-9-19/h8-9,13-18,20H,3-6,10-11H2,1-2H3/t18-,20-. The topological polar surface area (TPSA) is 9.23 Å². The molecule has 0 N–H and O–H groups in total. The van der Waals surface area contributed by atoms with Gasteiger partial charge in [0.25, 0.3) is 0 Å². The predicted octanol–water partition coefficient (Wildman–Crippen LogP) is 6.31. The summed E-state index contributed by atoms with van der Waals surface area (Å²) < 4.78 is 19.6. The van der Waals surface area contributed by atoms with Crippen molar-refractivity contribution in [1.82, 2.24) is 0 Å². The lowest BCUT2D eigenvalue weighted by molar-refractivity contribution is 0.308. The lowest BCUT2D eigenvalue weighted by Gasteiger charge is -2.28. The second-order valence-electron chi connectivity index (χ2n) is 7.22. The summed E-state index contributed by atoms with van der Waals surface area (Å²) in [6, 6.07) is 13.1. The van der Waals surface area contributed by atoms with Gasteiger partial charge in [-0.05, 0) is 79.5 Å². The van der Waals surface area contributed by atoms with Crippen molar-refractivity contribution in [1.29, 1.82) is 0 Å². The van der Waals surface area contributed by atoms with Crippen LogP contribution < -0.4 is 4.74 Å². The Labute approximate surface area is 156 Å².